The van der Waals surface area contributed by atoms with Crippen molar-refractivity contribution >= 4 is 34.2 Å². The number of likely N-dealkylation sites (tertiary alicyclic amines) is 1. The maximum atomic E-state index is 12.8. The zero-order valence-electron chi connectivity index (χ0n) is 15.9. The molecule has 1 aromatic carbocycles. The number of para-hydroxylation sites is 2. The third-order valence-electron chi connectivity index (χ3n) is 5.28. The van der Waals surface area contributed by atoms with Crippen LogP contribution in [0, 0.1) is 0 Å². The van der Waals surface area contributed by atoms with E-state index in [1.807, 2.05) is 46.7 Å². The number of thiophene rings is 1. The second kappa shape index (κ2) is 8.14. The lowest BCUT2D eigenvalue weighted by atomic mass is 9.95. The number of carbonyl (C=O) groups excluding carboxylic acids is 2. The molecule has 2 aromatic heterocycles. The van der Waals surface area contributed by atoms with Crippen LogP contribution < -0.4 is 5.32 Å². The van der Waals surface area contributed by atoms with Gasteiger partial charge in [0.1, 0.15) is 5.82 Å². The van der Waals surface area contributed by atoms with Gasteiger partial charge in [-0.1, -0.05) is 18.2 Å². The first-order chi connectivity index (χ1) is 13.6. The van der Waals surface area contributed by atoms with Crippen molar-refractivity contribution in [3.8, 4) is 0 Å². The quantitative estimate of drug-likeness (QED) is 0.692. The first-order valence-electron chi connectivity index (χ1n) is 9.63. The third-order valence-corrected chi connectivity index (χ3v) is 6.27. The van der Waals surface area contributed by atoms with E-state index in [1.165, 1.54) is 6.92 Å². The largest absolute Gasteiger partial charge is 0.348 e. The summed E-state index contributed by atoms with van der Waals surface area (Å²) in [6.45, 7) is 2.93. The number of piperidine rings is 1. The molecule has 1 saturated heterocycles. The number of aromatic amines is 1. The molecule has 1 fully saturated rings. The molecule has 7 heteroatoms. The van der Waals surface area contributed by atoms with Gasteiger partial charge >= 0.3 is 0 Å². The summed E-state index contributed by atoms with van der Waals surface area (Å²) in [5, 5.41) is 4.88. The summed E-state index contributed by atoms with van der Waals surface area (Å²) in [5.41, 5.74) is 2.05. The number of hydrogen-bond acceptors (Lipinski definition) is 4. The Hall–Kier alpha value is -2.67. The van der Waals surface area contributed by atoms with Crippen molar-refractivity contribution in [3.05, 3.63) is 52.5 Å². The first kappa shape index (κ1) is 18.7. The van der Waals surface area contributed by atoms with E-state index in [9.17, 15) is 9.59 Å². The number of rotatable bonds is 5. The predicted octanol–water partition coefficient (Wildman–Crippen LogP) is 3.60. The van der Waals surface area contributed by atoms with Gasteiger partial charge in [-0.3, -0.25) is 9.59 Å². The number of nitrogens with one attached hydrogen (secondary N) is 2. The molecule has 146 valence electrons. The van der Waals surface area contributed by atoms with Crippen molar-refractivity contribution in [2.75, 3.05) is 13.1 Å². The molecule has 6 nitrogen and oxygen atoms in total. The monoisotopic (exact) mass is 396 g/mol. The van der Waals surface area contributed by atoms with E-state index in [1.54, 1.807) is 11.3 Å². The number of H-pyrrole nitrogens is 1. The lowest BCUT2D eigenvalue weighted by Crippen LogP contribution is -2.40. The smallest absolute Gasteiger partial charge is 0.225 e. The van der Waals surface area contributed by atoms with Gasteiger partial charge < -0.3 is 15.2 Å². The highest BCUT2D eigenvalue weighted by molar-refractivity contribution is 7.10. The van der Waals surface area contributed by atoms with Gasteiger partial charge in [0.15, 0.2) is 0 Å². The van der Waals surface area contributed by atoms with Crippen molar-refractivity contribution in [2.24, 2.45) is 0 Å². The molecular weight excluding hydrogens is 372 g/mol. The lowest BCUT2D eigenvalue weighted by Gasteiger charge is -2.32. The Kier molecular flexibility index (Phi) is 5.43. The third kappa shape index (κ3) is 4.09. The predicted molar refractivity (Wildman–Crippen MR) is 110 cm³/mol. The van der Waals surface area contributed by atoms with Crippen LogP contribution in [-0.4, -0.2) is 39.8 Å². The zero-order valence-corrected chi connectivity index (χ0v) is 16.7. The van der Waals surface area contributed by atoms with Gasteiger partial charge in [-0.25, -0.2) is 4.98 Å². The van der Waals surface area contributed by atoms with E-state index in [-0.39, 0.29) is 17.9 Å². The molecule has 1 aliphatic heterocycles. The second-order valence-electron chi connectivity index (χ2n) is 7.27. The van der Waals surface area contributed by atoms with Gasteiger partial charge in [0, 0.05) is 30.8 Å². The fourth-order valence-electron chi connectivity index (χ4n) is 3.83. The minimum atomic E-state index is -0.252. The van der Waals surface area contributed by atoms with E-state index in [4.69, 9.17) is 4.98 Å². The zero-order chi connectivity index (χ0) is 19.5. The molecule has 0 unspecified atom stereocenters. The molecule has 1 atom stereocenters. The average molecular weight is 397 g/mol. The SMILES string of the molecule is CC(=O)N[C@@H](CC(=O)N1CCC(c2nc3ccccc3[nH]2)CC1)c1cccs1. The Labute approximate surface area is 168 Å². The van der Waals surface area contributed by atoms with Gasteiger partial charge in [-0.05, 0) is 36.4 Å². The summed E-state index contributed by atoms with van der Waals surface area (Å²) in [5.74, 6) is 1.34. The number of amides is 2. The number of aromatic nitrogens is 2. The number of fused-ring (bicyclic) bond motifs is 1. The van der Waals surface area contributed by atoms with Crippen LogP contribution >= 0.6 is 11.3 Å². The number of benzene rings is 1. The topological polar surface area (TPSA) is 78.1 Å². The van der Waals surface area contributed by atoms with Crippen LogP contribution in [0.1, 0.15) is 48.8 Å². The van der Waals surface area contributed by atoms with Gasteiger partial charge in [0.05, 0.1) is 23.5 Å². The van der Waals surface area contributed by atoms with E-state index < -0.39 is 0 Å². The fraction of sp³-hybridized carbons (Fsp3) is 0.381. The fourth-order valence-corrected chi connectivity index (χ4v) is 4.61. The molecule has 4 rings (SSSR count). The molecule has 0 radical (unpaired) electrons. The number of imidazole rings is 1. The highest BCUT2D eigenvalue weighted by atomic mass is 32.1. The van der Waals surface area contributed by atoms with Crippen LogP contribution in [0.15, 0.2) is 41.8 Å². The molecule has 2 N–H and O–H groups in total. The molecule has 1 aliphatic rings. The van der Waals surface area contributed by atoms with E-state index in [0.717, 1.165) is 47.7 Å². The normalized spacial score (nSPS) is 16.2. The van der Waals surface area contributed by atoms with Crippen molar-refractivity contribution in [1.29, 1.82) is 0 Å². The van der Waals surface area contributed by atoms with E-state index in [2.05, 4.69) is 10.3 Å². The Morgan fingerprint density at radius 2 is 2.04 bits per heavy atom. The van der Waals surface area contributed by atoms with Gasteiger partial charge in [-0.2, -0.15) is 0 Å². The summed E-state index contributed by atoms with van der Waals surface area (Å²) >= 11 is 1.56. The van der Waals surface area contributed by atoms with E-state index >= 15 is 0 Å². The van der Waals surface area contributed by atoms with E-state index in [0.29, 0.717) is 12.3 Å². The average Bonchev–Trinajstić information content (AvgIpc) is 3.37. The molecule has 0 aliphatic carbocycles. The summed E-state index contributed by atoms with van der Waals surface area (Å²) in [7, 11) is 0. The molecule has 2 amide bonds. The molecule has 0 saturated carbocycles. The van der Waals surface area contributed by atoms with Crippen molar-refractivity contribution in [3.63, 3.8) is 0 Å². The van der Waals surface area contributed by atoms with Crippen LogP contribution in [0.5, 0.6) is 0 Å². The minimum Gasteiger partial charge on any atom is -0.348 e. The van der Waals surface area contributed by atoms with Gasteiger partial charge in [0.25, 0.3) is 0 Å². The standard InChI is InChI=1S/C21H24N4O2S/c1-14(26)22-18(19-7-4-12-28-19)13-20(27)25-10-8-15(9-11-25)21-23-16-5-2-3-6-17(16)24-21/h2-7,12,15,18H,8-11,13H2,1H3,(H,22,26)(H,23,24)/t18-/m0/s1. The summed E-state index contributed by atoms with van der Waals surface area (Å²) < 4.78 is 0. The van der Waals surface area contributed by atoms with Crippen LogP contribution in [0.2, 0.25) is 0 Å². The highest BCUT2D eigenvalue weighted by Crippen LogP contribution is 2.29. The highest BCUT2D eigenvalue weighted by Gasteiger charge is 2.28. The Balaban J connectivity index is 1.37. The molecule has 28 heavy (non-hydrogen) atoms. The van der Waals surface area contributed by atoms with Crippen LogP contribution in [-0.2, 0) is 9.59 Å². The first-order valence-corrected chi connectivity index (χ1v) is 10.5. The van der Waals surface area contributed by atoms with Gasteiger partial charge in [-0.15, -0.1) is 11.3 Å². The Morgan fingerprint density at radius 1 is 1.25 bits per heavy atom. The summed E-state index contributed by atoms with van der Waals surface area (Å²) in [4.78, 5) is 35.4. The molecule has 3 aromatic rings. The van der Waals surface area contributed by atoms with Crippen LogP contribution in [0.4, 0.5) is 0 Å². The van der Waals surface area contributed by atoms with Crippen molar-refractivity contribution in [2.45, 2.75) is 38.1 Å². The Morgan fingerprint density at radius 3 is 2.71 bits per heavy atom. The molecule has 3 heterocycles. The number of hydrogen-bond donors (Lipinski definition) is 2. The van der Waals surface area contributed by atoms with Crippen LogP contribution in [0.25, 0.3) is 11.0 Å². The molecular formula is C21H24N4O2S. The summed E-state index contributed by atoms with van der Waals surface area (Å²) in [6.07, 6.45) is 2.10. The number of carbonyl (C=O) groups is 2. The Bertz CT molecular complexity index is 925. The van der Waals surface area contributed by atoms with Crippen molar-refractivity contribution in [1.82, 2.24) is 20.2 Å². The number of nitrogens with zero attached hydrogens (tertiary/aromatic N) is 2. The van der Waals surface area contributed by atoms with Crippen molar-refractivity contribution < 1.29 is 9.59 Å². The lowest BCUT2D eigenvalue weighted by molar-refractivity contribution is -0.133. The second-order valence-corrected chi connectivity index (χ2v) is 8.25. The van der Waals surface area contributed by atoms with Gasteiger partial charge in [0.2, 0.25) is 11.8 Å². The van der Waals surface area contributed by atoms with Crippen LogP contribution in [0.3, 0.4) is 0 Å². The minimum absolute atomic E-state index is 0.0928. The summed E-state index contributed by atoms with van der Waals surface area (Å²) in [6, 6.07) is 11.7. The molecule has 0 bridgehead atoms. The maximum Gasteiger partial charge on any atom is 0.225 e. The maximum absolute atomic E-state index is 12.8. The molecule has 0 spiro atoms.